The number of nitrogens with zero attached hydrogens (tertiary/aromatic N) is 2. The lowest BCUT2D eigenvalue weighted by Crippen LogP contribution is -2.54. The minimum atomic E-state index is -2.09. The van der Waals surface area contributed by atoms with Gasteiger partial charge >= 0.3 is 17.9 Å². The van der Waals surface area contributed by atoms with Crippen molar-refractivity contribution in [3.05, 3.63) is 112 Å². The molecule has 3 aromatic rings. The summed E-state index contributed by atoms with van der Waals surface area (Å²) in [5.41, 5.74) is 0.722. The van der Waals surface area contributed by atoms with E-state index in [1.807, 2.05) is 66.7 Å². The van der Waals surface area contributed by atoms with Gasteiger partial charge in [0, 0.05) is 11.5 Å². The molecule has 2 aromatic carbocycles. The van der Waals surface area contributed by atoms with E-state index < -0.39 is 65.5 Å². The summed E-state index contributed by atoms with van der Waals surface area (Å²) in [6, 6.07) is 15.4. The molecule has 54 heavy (non-hydrogen) atoms. The Morgan fingerprint density at radius 2 is 1.57 bits per heavy atom. The van der Waals surface area contributed by atoms with E-state index in [0.29, 0.717) is 0 Å². The first-order valence-corrected chi connectivity index (χ1v) is 18.0. The number of rotatable bonds is 13. The molecule has 2 heterocycles. The predicted octanol–water partition coefficient (Wildman–Crippen LogP) is 6.93. The summed E-state index contributed by atoms with van der Waals surface area (Å²) in [5.74, 6) is -3.58. The van der Waals surface area contributed by atoms with Crippen LogP contribution in [0.3, 0.4) is 0 Å². The van der Waals surface area contributed by atoms with Crippen LogP contribution in [-0.2, 0) is 28.5 Å². The van der Waals surface area contributed by atoms with Crippen LogP contribution in [-0.4, -0.2) is 63.4 Å². The number of nitriles is 1. The quantitative estimate of drug-likeness (QED) is 0.106. The molecule has 1 aromatic heterocycles. The number of aliphatic hydroxyl groups excluding tert-OH is 1. The van der Waals surface area contributed by atoms with E-state index in [1.165, 1.54) is 6.92 Å². The fraction of sp³-hybridized carbons (Fsp3) is 0.452. The topological polar surface area (TPSA) is 173 Å². The summed E-state index contributed by atoms with van der Waals surface area (Å²) in [7, 11) is 0. The van der Waals surface area contributed by atoms with Gasteiger partial charge in [-0.15, -0.1) is 0 Å². The summed E-state index contributed by atoms with van der Waals surface area (Å²) in [6.45, 7) is 16.0. The largest absolute Gasteiger partial charge is 0.465 e. The molecule has 0 bridgehead atoms. The Bertz CT molecular complexity index is 1950. The van der Waals surface area contributed by atoms with Gasteiger partial charge in [-0.3, -0.25) is 9.89 Å². The summed E-state index contributed by atoms with van der Waals surface area (Å²) in [6.07, 6.45) is 0.880. The third kappa shape index (κ3) is 9.16. The van der Waals surface area contributed by atoms with Crippen LogP contribution in [0.25, 0.3) is 0 Å². The average Bonchev–Trinajstić information content (AvgIpc) is 3.71. The number of hydrogen-bond donors (Lipinski definition) is 2. The number of carbonyl (C=O) groups is 3. The van der Waals surface area contributed by atoms with Crippen LogP contribution in [0.1, 0.15) is 109 Å². The van der Waals surface area contributed by atoms with Crippen molar-refractivity contribution in [2.24, 2.45) is 17.8 Å². The lowest BCUT2D eigenvalue weighted by molar-refractivity contribution is -0.171. The van der Waals surface area contributed by atoms with E-state index in [1.54, 1.807) is 61.5 Å². The maximum atomic E-state index is 14.0. The summed E-state index contributed by atoms with van der Waals surface area (Å²) < 4.78 is 30.1. The van der Waals surface area contributed by atoms with Crippen LogP contribution in [0.15, 0.2) is 72.3 Å². The Morgan fingerprint density at radius 3 is 2.13 bits per heavy atom. The number of esters is 3. The number of ether oxygens (including phenoxy) is 5. The van der Waals surface area contributed by atoms with E-state index in [2.05, 4.69) is 10.2 Å². The first-order valence-electron chi connectivity index (χ1n) is 18.0. The van der Waals surface area contributed by atoms with Crippen molar-refractivity contribution in [2.45, 2.75) is 98.1 Å². The second-order valence-corrected chi connectivity index (χ2v) is 15.5. The van der Waals surface area contributed by atoms with Crippen molar-refractivity contribution in [2.75, 3.05) is 6.61 Å². The standard InChI is InChI=1S/C42H49N3O9/c1-23-10-15-28(16-11-23)37(47)52-36(27(5)22-50-39(49)30-19-14-25(3)20-26(30)4)42(9,53-38(48)29-17-12-24(2)13-18-29)35(46)33-32(31(21-43)44-45-33)34-40(51-34)54-41(6,7)8/h10-20,26-27,30,34-36,40,46H,22H2,1-9H3,(H,44,45)/t26?,27-,30?,34?,35?,36-,40?,42+/m1/s1. The number of nitrogens with one attached hydrogen (secondary N) is 1. The number of aromatic amines is 1. The zero-order chi connectivity index (χ0) is 39.5. The van der Waals surface area contributed by atoms with Crippen LogP contribution < -0.4 is 0 Å². The molecule has 12 heteroatoms. The Balaban J connectivity index is 1.57. The lowest BCUT2D eigenvalue weighted by Gasteiger charge is -2.42. The van der Waals surface area contributed by atoms with E-state index >= 15 is 0 Å². The van der Waals surface area contributed by atoms with Crippen LogP contribution in [0.2, 0.25) is 0 Å². The Kier molecular flexibility index (Phi) is 12.0. The second-order valence-electron chi connectivity index (χ2n) is 15.5. The van der Waals surface area contributed by atoms with Crippen molar-refractivity contribution in [1.29, 1.82) is 5.26 Å². The van der Waals surface area contributed by atoms with E-state index in [9.17, 15) is 24.8 Å². The summed E-state index contributed by atoms with van der Waals surface area (Å²) >= 11 is 0. The normalized spacial score (nSPS) is 22.1. The molecule has 12 nitrogen and oxygen atoms in total. The van der Waals surface area contributed by atoms with Crippen LogP contribution in [0.4, 0.5) is 0 Å². The maximum Gasteiger partial charge on any atom is 0.338 e. The number of H-pyrrole nitrogens is 1. The van der Waals surface area contributed by atoms with Crippen molar-refractivity contribution in [3.63, 3.8) is 0 Å². The van der Waals surface area contributed by atoms with Gasteiger partial charge in [0.1, 0.15) is 18.3 Å². The van der Waals surface area contributed by atoms with E-state index in [0.717, 1.165) is 16.7 Å². The molecule has 5 unspecified atom stereocenters. The SMILES string of the molecule is CC1=CC(C)C(C(=O)OC[C@@H](C)[C@@H](OC(=O)c2ccc(C)cc2)[C@@](C)(OC(=O)c2ccc(C)cc2)C(O)c2[nH]nc(C#N)c2C2OC2OC(C)(C)C)C=C1. The number of aryl methyl sites for hydroxylation is 2. The highest BCUT2D eigenvalue weighted by Gasteiger charge is 2.55. The lowest BCUT2D eigenvalue weighted by atomic mass is 9.81. The molecular formula is C42H49N3O9. The first kappa shape index (κ1) is 40.1. The van der Waals surface area contributed by atoms with Gasteiger partial charge in [0.15, 0.2) is 23.7 Å². The highest BCUT2D eigenvalue weighted by atomic mass is 16.8. The predicted molar refractivity (Wildman–Crippen MR) is 198 cm³/mol. The Labute approximate surface area is 316 Å². The van der Waals surface area contributed by atoms with Gasteiger partial charge in [-0.05, 0) is 78.6 Å². The van der Waals surface area contributed by atoms with Gasteiger partial charge in [0.2, 0.25) is 0 Å². The molecule has 1 aliphatic carbocycles. The first-order chi connectivity index (χ1) is 25.4. The number of aromatic nitrogens is 2. The van der Waals surface area contributed by atoms with Gasteiger partial charge < -0.3 is 28.8 Å². The number of epoxide rings is 1. The summed E-state index contributed by atoms with van der Waals surface area (Å²) in [4.78, 5) is 41.2. The molecule has 5 rings (SSSR count). The van der Waals surface area contributed by atoms with E-state index in [-0.39, 0.29) is 40.6 Å². The molecule has 2 N–H and O–H groups in total. The van der Waals surface area contributed by atoms with Gasteiger partial charge in [0.05, 0.1) is 34.9 Å². The molecular weight excluding hydrogens is 690 g/mol. The third-order valence-electron chi connectivity index (χ3n) is 9.58. The highest BCUT2D eigenvalue weighted by molar-refractivity contribution is 5.90. The minimum absolute atomic E-state index is 0.000306. The molecule has 0 radical (unpaired) electrons. The van der Waals surface area contributed by atoms with E-state index in [4.69, 9.17) is 23.7 Å². The zero-order valence-electron chi connectivity index (χ0n) is 32.2. The van der Waals surface area contributed by atoms with Crippen molar-refractivity contribution in [3.8, 4) is 6.07 Å². The van der Waals surface area contributed by atoms with Gasteiger partial charge in [0.25, 0.3) is 0 Å². The molecule has 0 saturated carbocycles. The number of hydrogen-bond acceptors (Lipinski definition) is 11. The van der Waals surface area contributed by atoms with Crippen LogP contribution in [0.5, 0.6) is 0 Å². The number of carbonyl (C=O) groups excluding carboxylic acids is 3. The number of allylic oxidation sites excluding steroid dienone is 3. The smallest absolute Gasteiger partial charge is 0.338 e. The molecule has 0 spiro atoms. The minimum Gasteiger partial charge on any atom is -0.465 e. The highest BCUT2D eigenvalue weighted by Crippen LogP contribution is 2.48. The number of benzene rings is 2. The molecule has 1 fully saturated rings. The third-order valence-corrected chi connectivity index (χ3v) is 9.58. The Hall–Kier alpha value is -5.09. The Morgan fingerprint density at radius 1 is 0.981 bits per heavy atom. The van der Waals surface area contributed by atoms with Crippen molar-refractivity contribution >= 4 is 17.9 Å². The van der Waals surface area contributed by atoms with Gasteiger partial charge in [-0.25, -0.2) is 9.59 Å². The molecule has 2 aliphatic rings. The second kappa shape index (κ2) is 16.1. The average molecular weight is 740 g/mol. The van der Waals surface area contributed by atoms with Crippen LogP contribution >= 0.6 is 0 Å². The van der Waals surface area contributed by atoms with Crippen molar-refractivity contribution in [1.82, 2.24) is 10.2 Å². The summed E-state index contributed by atoms with van der Waals surface area (Å²) in [5, 5.41) is 29.4. The van der Waals surface area contributed by atoms with Crippen molar-refractivity contribution < 1.29 is 43.2 Å². The van der Waals surface area contributed by atoms with Gasteiger partial charge in [-0.1, -0.05) is 73.0 Å². The molecule has 286 valence electrons. The molecule has 0 amide bonds. The zero-order valence-corrected chi connectivity index (χ0v) is 32.2. The van der Waals surface area contributed by atoms with Crippen LogP contribution in [0, 0.1) is 42.9 Å². The maximum absolute atomic E-state index is 14.0. The molecule has 1 aliphatic heterocycles. The molecule has 8 atom stereocenters. The fourth-order valence-corrected chi connectivity index (χ4v) is 6.56. The van der Waals surface area contributed by atoms with Gasteiger partial charge in [-0.2, -0.15) is 10.4 Å². The fourth-order valence-electron chi connectivity index (χ4n) is 6.56. The monoisotopic (exact) mass is 739 g/mol. The number of aliphatic hydroxyl groups is 1. The molecule has 1 saturated heterocycles.